The van der Waals surface area contributed by atoms with Crippen LogP contribution < -0.4 is 5.32 Å². The molecule has 1 aliphatic heterocycles. The smallest absolute Gasteiger partial charge is 0.411 e. The van der Waals surface area contributed by atoms with Gasteiger partial charge in [-0.2, -0.15) is 13.2 Å². The molecule has 1 aliphatic carbocycles. The Hall–Kier alpha value is -1.12. The molecule has 0 spiro atoms. The molecule has 20 heavy (non-hydrogen) atoms. The highest BCUT2D eigenvalue weighted by atomic mass is 19.4. The average Bonchev–Trinajstić information content (AvgIpc) is 3.01. The highest BCUT2D eigenvalue weighted by Crippen LogP contribution is 2.49. The van der Waals surface area contributed by atoms with E-state index in [0.717, 1.165) is 0 Å². The van der Waals surface area contributed by atoms with Gasteiger partial charge in [0.2, 0.25) is 0 Å². The van der Waals surface area contributed by atoms with Crippen molar-refractivity contribution in [2.24, 2.45) is 0 Å². The Morgan fingerprint density at radius 2 is 2.00 bits per heavy atom. The van der Waals surface area contributed by atoms with E-state index in [0.29, 0.717) is 6.54 Å². The lowest BCUT2D eigenvalue weighted by molar-refractivity contribution is -0.165. The van der Waals surface area contributed by atoms with Gasteiger partial charge in [0.25, 0.3) is 5.92 Å². The standard InChI is InChI=1S/C11H15F5N2O2/c1-2-18-5-7(10(12,13)6-18)20-8(19)17-9(3-4-9)11(14,15)16/h7H,2-6H2,1H3,(H,17,19)/t7-/m0/s1. The van der Waals surface area contributed by atoms with Gasteiger partial charge in [-0.1, -0.05) is 6.92 Å². The van der Waals surface area contributed by atoms with Crippen LogP contribution in [0.2, 0.25) is 0 Å². The van der Waals surface area contributed by atoms with E-state index in [1.54, 1.807) is 12.2 Å². The zero-order valence-electron chi connectivity index (χ0n) is 10.8. The van der Waals surface area contributed by atoms with Gasteiger partial charge in [0.1, 0.15) is 5.54 Å². The molecule has 0 bridgehead atoms. The lowest BCUT2D eigenvalue weighted by atomic mass is 10.2. The zero-order valence-corrected chi connectivity index (χ0v) is 10.8. The Bertz CT molecular complexity index is 395. The number of likely N-dealkylation sites (tertiary alicyclic amines) is 1. The van der Waals surface area contributed by atoms with E-state index in [-0.39, 0.29) is 19.4 Å². The molecular weight excluding hydrogens is 287 g/mol. The molecule has 4 nitrogen and oxygen atoms in total. The van der Waals surface area contributed by atoms with Crippen molar-refractivity contribution in [2.45, 2.75) is 43.5 Å². The van der Waals surface area contributed by atoms with E-state index in [4.69, 9.17) is 0 Å². The molecule has 2 fully saturated rings. The maximum atomic E-state index is 13.5. The number of amides is 1. The van der Waals surface area contributed by atoms with Crippen LogP contribution in [0.5, 0.6) is 0 Å². The molecule has 2 rings (SSSR count). The summed E-state index contributed by atoms with van der Waals surface area (Å²) in [6, 6.07) is 0. The Balaban J connectivity index is 1.93. The largest absolute Gasteiger partial charge is 0.438 e. The molecule has 116 valence electrons. The second kappa shape index (κ2) is 4.71. The maximum absolute atomic E-state index is 13.5. The Labute approximate surface area is 112 Å². The monoisotopic (exact) mass is 302 g/mol. The molecule has 0 unspecified atom stereocenters. The highest BCUT2D eigenvalue weighted by Gasteiger charge is 2.65. The topological polar surface area (TPSA) is 41.6 Å². The minimum absolute atomic E-state index is 0.185. The summed E-state index contributed by atoms with van der Waals surface area (Å²) in [5.41, 5.74) is -2.30. The maximum Gasteiger partial charge on any atom is 0.411 e. The molecule has 0 aromatic rings. The number of hydrogen-bond donors (Lipinski definition) is 1. The van der Waals surface area contributed by atoms with Crippen LogP contribution in [0.25, 0.3) is 0 Å². The number of alkyl carbamates (subject to hydrolysis) is 1. The third kappa shape index (κ3) is 2.82. The number of hydrogen-bond acceptors (Lipinski definition) is 3. The van der Waals surface area contributed by atoms with Gasteiger partial charge in [0.15, 0.2) is 6.10 Å². The number of carbonyl (C=O) groups excluding carboxylic acids is 1. The molecule has 1 atom stereocenters. The molecular formula is C11H15F5N2O2. The summed E-state index contributed by atoms with van der Waals surface area (Å²) in [5.74, 6) is -3.25. The quantitative estimate of drug-likeness (QED) is 0.812. The predicted octanol–water partition coefficient (Wildman–Crippen LogP) is 2.15. The van der Waals surface area contributed by atoms with Gasteiger partial charge in [0.05, 0.1) is 6.54 Å². The zero-order chi connectivity index (χ0) is 15.2. The first-order chi connectivity index (χ1) is 9.10. The number of carbonyl (C=O) groups is 1. The summed E-state index contributed by atoms with van der Waals surface area (Å²) in [6.45, 7) is 1.27. The van der Waals surface area contributed by atoms with Gasteiger partial charge < -0.3 is 10.1 Å². The van der Waals surface area contributed by atoms with Crippen molar-refractivity contribution in [1.29, 1.82) is 0 Å². The van der Waals surface area contributed by atoms with Gasteiger partial charge in [-0.15, -0.1) is 0 Å². The van der Waals surface area contributed by atoms with Crippen molar-refractivity contribution in [3.63, 3.8) is 0 Å². The molecule has 1 saturated heterocycles. The number of halogens is 5. The molecule has 0 aromatic carbocycles. The summed E-state index contributed by atoms with van der Waals surface area (Å²) < 4.78 is 69.4. The number of nitrogens with zero attached hydrogens (tertiary/aromatic N) is 1. The number of likely N-dealkylation sites (N-methyl/N-ethyl adjacent to an activating group) is 1. The number of nitrogens with one attached hydrogen (secondary N) is 1. The normalized spacial score (nSPS) is 28.2. The fourth-order valence-corrected chi connectivity index (χ4v) is 2.16. The number of alkyl halides is 5. The Kier molecular flexibility index (Phi) is 3.60. The summed E-state index contributed by atoms with van der Waals surface area (Å²) in [7, 11) is 0. The first-order valence-corrected chi connectivity index (χ1v) is 6.25. The van der Waals surface area contributed by atoms with Crippen LogP contribution in [0, 0.1) is 0 Å². The fourth-order valence-electron chi connectivity index (χ4n) is 2.16. The predicted molar refractivity (Wildman–Crippen MR) is 58.5 cm³/mol. The Morgan fingerprint density at radius 1 is 1.40 bits per heavy atom. The van der Waals surface area contributed by atoms with Crippen molar-refractivity contribution in [2.75, 3.05) is 19.6 Å². The van der Waals surface area contributed by atoms with E-state index in [1.807, 2.05) is 0 Å². The average molecular weight is 302 g/mol. The molecule has 1 saturated carbocycles. The molecule has 0 aromatic heterocycles. The molecule has 1 heterocycles. The van der Waals surface area contributed by atoms with Crippen LogP contribution in [0.3, 0.4) is 0 Å². The van der Waals surface area contributed by atoms with Crippen molar-refractivity contribution in [3.05, 3.63) is 0 Å². The summed E-state index contributed by atoms with van der Waals surface area (Å²) in [5, 5.41) is 1.67. The minimum Gasteiger partial charge on any atom is -0.438 e. The van der Waals surface area contributed by atoms with E-state index in [1.165, 1.54) is 4.90 Å². The van der Waals surface area contributed by atoms with Crippen LogP contribution in [0.1, 0.15) is 19.8 Å². The van der Waals surface area contributed by atoms with Crippen LogP contribution >= 0.6 is 0 Å². The second-order valence-electron chi connectivity index (χ2n) is 5.19. The lowest BCUT2D eigenvalue weighted by Crippen LogP contribution is -2.50. The van der Waals surface area contributed by atoms with Gasteiger partial charge in [-0.05, 0) is 19.4 Å². The van der Waals surface area contributed by atoms with E-state index in [2.05, 4.69) is 4.74 Å². The minimum atomic E-state index is -4.60. The number of rotatable bonds is 3. The summed E-state index contributed by atoms with van der Waals surface area (Å²) >= 11 is 0. The van der Waals surface area contributed by atoms with Crippen LogP contribution in [0.15, 0.2) is 0 Å². The van der Waals surface area contributed by atoms with Crippen molar-refractivity contribution < 1.29 is 31.5 Å². The molecule has 0 radical (unpaired) electrons. The van der Waals surface area contributed by atoms with E-state index < -0.39 is 36.4 Å². The van der Waals surface area contributed by atoms with Crippen molar-refractivity contribution >= 4 is 6.09 Å². The van der Waals surface area contributed by atoms with Crippen LogP contribution in [-0.4, -0.2) is 54.4 Å². The van der Waals surface area contributed by atoms with E-state index >= 15 is 0 Å². The van der Waals surface area contributed by atoms with E-state index in [9.17, 15) is 26.7 Å². The van der Waals surface area contributed by atoms with Crippen molar-refractivity contribution in [1.82, 2.24) is 10.2 Å². The molecule has 9 heteroatoms. The lowest BCUT2D eigenvalue weighted by Gasteiger charge is -2.23. The van der Waals surface area contributed by atoms with Gasteiger partial charge in [-0.25, -0.2) is 13.6 Å². The molecule has 1 amide bonds. The van der Waals surface area contributed by atoms with Crippen LogP contribution in [-0.2, 0) is 4.74 Å². The van der Waals surface area contributed by atoms with Gasteiger partial charge in [0, 0.05) is 6.54 Å². The van der Waals surface area contributed by atoms with Crippen molar-refractivity contribution in [3.8, 4) is 0 Å². The van der Waals surface area contributed by atoms with Gasteiger partial charge >= 0.3 is 12.3 Å². The second-order valence-corrected chi connectivity index (χ2v) is 5.19. The molecule has 1 N–H and O–H groups in total. The number of ether oxygens (including phenoxy) is 1. The molecule has 2 aliphatic rings. The third-order valence-electron chi connectivity index (χ3n) is 3.66. The first kappa shape index (κ1) is 15.3. The first-order valence-electron chi connectivity index (χ1n) is 6.25. The Morgan fingerprint density at radius 3 is 2.40 bits per heavy atom. The summed E-state index contributed by atoms with van der Waals surface area (Å²) in [6.07, 6.45) is -8.27. The summed E-state index contributed by atoms with van der Waals surface area (Å²) in [4.78, 5) is 12.8. The fraction of sp³-hybridized carbons (Fsp3) is 0.909. The highest BCUT2D eigenvalue weighted by molar-refractivity contribution is 5.69. The SMILES string of the molecule is CCN1C[C@H](OC(=O)NC2(C(F)(F)F)CC2)C(F)(F)C1. The van der Waals surface area contributed by atoms with Gasteiger partial charge in [-0.3, -0.25) is 4.90 Å². The third-order valence-corrected chi connectivity index (χ3v) is 3.66. The van der Waals surface area contributed by atoms with Crippen LogP contribution in [0.4, 0.5) is 26.7 Å².